The Morgan fingerprint density at radius 3 is 1.91 bits per heavy atom. The van der Waals surface area contributed by atoms with Crippen LogP contribution in [0, 0.1) is 0 Å². The first-order valence-corrected chi connectivity index (χ1v) is 18.7. The van der Waals surface area contributed by atoms with E-state index in [1.54, 1.807) is 0 Å². The van der Waals surface area contributed by atoms with Crippen molar-refractivity contribution < 1.29 is 9.15 Å². The first-order chi connectivity index (χ1) is 26.7. The lowest BCUT2D eigenvalue weighted by Crippen LogP contribution is -2.17. The predicted molar refractivity (Wildman–Crippen MR) is 225 cm³/mol. The van der Waals surface area contributed by atoms with E-state index in [4.69, 9.17) is 9.15 Å². The predicted octanol–water partition coefficient (Wildman–Crippen LogP) is 14.0. The molecule has 54 heavy (non-hydrogen) atoms. The lowest BCUT2D eigenvalue weighted by Gasteiger charge is -2.20. The number of furan rings is 1. The van der Waals surface area contributed by atoms with E-state index in [-0.39, 0.29) is 12.0 Å². The smallest absolute Gasteiger partial charge is 0.135 e. The largest absolute Gasteiger partial charge is 0.485 e. The van der Waals surface area contributed by atoms with E-state index in [0.29, 0.717) is 0 Å². The normalized spacial score (nSPS) is 16.3. The SMILES string of the molecule is C1=CC2Oc3cc4c(cc3C2C=C1c1ccc(-c2cc3ccccc3c3ccccc23)c2ccccc12)oc1ccc(-c2ccc3ccccc3c2)cc14. The van der Waals surface area contributed by atoms with E-state index in [0.717, 1.165) is 27.7 Å². The number of fused-ring (bicyclic) bond motifs is 11. The van der Waals surface area contributed by atoms with Crippen LogP contribution in [0.5, 0.6) is 5.75 Å². The summed E-state index contributed by atoms with van der Waals surface area (Å²) >= 11 is 0. The molecule has 2 unspecified atom stereocenters. The number of ether oxygens (including phenoxy) is 1. The number of allylic oxidation sites excluding steroid dienone is 2. The Kier molecular flexibility index (Phi) is 6.20. The average Bonchev–Trinajstić information content (AvgIpc) is 3.78. The quantitative estimate of drug-likeness (QED) is 0.172. The number of hydrogen-bond donors (Lipinski definition) is 0. The van der Waals surface area contributed by atoms with Gasteiger partial charge in [0.1, 0.15) is 23.0 Å². The van der Waals surface area contributed by atoms with Gasteiger partial charge in [0.15, 0.2) is 0 Å². The van der Waals surface area contributed by atoms with E-state index < -0.39 is 0 Å². The average molecular weight is 689 g/mol. The summed E-state index contributed by atoms with van der Waals surface area (Å²) in [6, 6.07) is 59.4. The summed E-state index contributed by atoms with van der Waals surface area (Å²) in [6.07, 6.45) is 6.83. The Hall–Kier alpha value is -6.90. The van der Waals surface area contributed by atoms with Crippen LogP contribution in [0.4, 0.5) is 0 Å². The zero-order valence-electron chi connectivity index (χ0n) is 29.3. The van der Waals surface area contributed by atoms with Gasteiger partial charge in [-0.3, -0.25) is 0 Å². The van der Waals surface area contributed by atoms with Crippen molar-refractivity contribution in [3.8, 4) is 28.0 Å². The molecule has 1 aliphatic carbocycles. The van der Waals surface area contributed by atoms with Crippen LogP contribution >= 0.6 is 0 Å². The van der Waals surface area contributed by atoms with E-state index in [2.05, 4.69) is 182 Å². The zero-order chi connectivity index (χ0) is 35.3. The van der Waals surface area contributed by atoms with Crippen molar-refractivity contribution in [2.24, 2.45) is 0 Å². The second-order valence-electron chi connectivity index (χ2n) is 14.7. The third kappa shape index (κ3) is 4.41. The topological polar surface area (TPSA) is 22.4 Å². The van der Waals surface area contributed by atoms with E-state index in [1.165, 1.54) is 82.0 Å². The summed E-state index contributed by atoms with van der Waals surface area (Å²) in [7, 11) is 0. The van der Waals surface area contributed by atoms with Gasteiger partial charge in [-0.2, -0.15) is 0 Å². The van der Waals surface area contributed by atoms with Crippen molar-refractivity contribution in [2.75, 3.05) is 0 Å². The summed E-state index contributed by atoms with van der Waals surface area (Å²) in [5.74, 6) is 1.02. The van der Waals surface area contributed by atoms with Gasteiger partial charge in [-0.25, -0.2) is 0 Å². The third-order valence-corrected chi connectivity index (χ3v) is 11.8. The molecule has 0 spiro atoms. The van der Waals surface area contributed by atoms with Crippen LogP contribution in [-0.2, 0) is 0 Å². The summed E-state index contributed by atoms with van der Waals surface area (Å²) in [5, 5.41) is 12.3. The lowest BCUT2D eigenvalue weighted by atomic mass is 9.84. The monoisotopic (exact) mass is 688 g/mol. The van der Waals surface area contributed by atoms with E-state index >= 15 is 0 Å². The third-order valence-electron chi connectivity index (χ3n) is 11.8. The second-order valence-corrected chi connectivity index (χ2v) is 14.7. The number of hydrogen-bond acceptors (Lipinski definition) is 2. The minimum Gasteiger partial charge on any atom is -0.485 e. The molecule has 0 bridgehead atoms. The van der Waals surface area contributed by atoms with Crippen LogP contribution in [0.2, 0.25) is 0 Å². The highest BCUT2D eigenvalue weighted by molar-refractivity contribution is 6.17. The second kappa shape index (κ2) is 11.3. The van der Waals surface area contributed by atoms with Crippen molar-refractivity contribution in [1.82, 2.24) is 0 Å². The van der Waals surface area contributed by atoms with Crippen molar-refractivity contribution >= 4 is 70.6 Å². The molecule has 12 rings (SSSR count). The van der Waals surface area contributed by atoms with Crippen LogP contribution in [0.25, 0.3) is 92.9 Å². The first kappa shape index (κ1) is 29.7. The molecule has 0 N–H and O–H groups in total. The van der Waals surface area contributed by atoms with Crippen molar-refractivity contribution in [2.45, 2.75) is 12.0 Å². The first-order valence-electron chi connectivity index (χ1n) is 18.7. The van der Waals surface area contributed by atoms with Crippen molar-refractivity contribution in [3.63, 3.8) is 0 Å². The summed E-state index contributed by atoms with van der Waals surface area (Å²) in [6.45, 7) is 0. The Morgan fingerprint density at radius 2 is 1.06 bits per heavy atom. The molecule has 2 heteroatoms. The van der Waals surface area contributed by atoms with Crippen LogP contribution in [0.15, 0.2) is 186 Å². The molecule has 9 aromatic carbocycles. The Morgan fingerprint density at radius 1 is 0.407 bits per heavy atom. The summed E-state index contributed by atoms with van der Waals surface area (Å²) in [5.41, 5.74) is 10.3. The summed E-state index contributed by atoms with van der Waals surface area (Å²) in [4.78, 5) is 0. The van der Waals surface area contributed by atoms with E-state index in [1.807, 2.05) is 0 Å². The fraction of sp³-hybridized carbons (Fsp3) is 0.0385. The van der Waals surface area contributed by atoms with Crippen LogP contribution in [0.1, 0.15) is 17.0 Å². The molecule has 2 nitrogen and oxygen atoms in total. The minimum atomic E-state index is -0.0517. The summed E-state index contributed by atoms with van der Waals surface area (Å²) < 4.78 is 13.2. The zero-order valence-corrected chi connectivity index (χ0v) is 29.3. The molecule has 0 radical (unpaired) electrons. The Bertz CT molecular complexity index is 3270. The van der Waals surface area contributed by atoms with E-state index in [9.17, 15) is 0 Å². The fourth-order valence-electron chi connectivity index (χ4n) is 9.16. The van der Waals surface area contributed by atoms with Crippen molar-refractivity contribution in [3.05, 3.63) is 193 Å². The molecule has 2 heterocycles. The van der Waals surface area contributed by atoms with Gasteiger partial charge in [-0.1, -0.05) is 140 Å². The molecule has 10 aromatic rings. The molecular formula is C52H32O2. The molecule has 0 amide bonds. The van der Waals surface area contributed by atoms with Gasteiger partial charge in [-0.15, -0.1) is 0 Å². The van der Waals surface area contributed by atoms with Gasteiger partial charge in [0.2, 0.25) is 0 Å². The van der Waals surface area contributed by atoms with Gasteiger partial charge in [0.05, 0.1) is 0 Å². The maximum atomic E-state index is 6.65. The molecule has 0 fully saturated rings. The highest BCUT2D eigenvalue weighted by Crippen LogP contribution is 2.48. The highest BCUT2D eigenvalue weighted by Gasteiger charge is 2.35. The van der Waals surface area contributed by atoms with Crippen LogP contribution in [-0.4, -0.2) is 6.10 Å². The van der Waals surface area contributed by atoms with Crippen LogP contribution < -0.4 is 4.74 Å². The minimum absolute atomic E-state index is 0.0517. The van der Waals surface area contributed by atoms with Gasteiger partial charge in [0.25, 0.3) is 0 Å². The fourth-order valence-corrected chi connectivity index (χ4v) is 9.16. The highest BCUT2D eigenvalue weighted by atomic mass is 16.5. The Balaban J connectivity index is 0.948. The Labute approximate surface area is 311 Å². The number of rotatable bonds is 3. The molecule has 2 atom stereocenters. The maximum Gasteiger partial charge on any atom is 0.135 e. The lowest BCUT2D eigenvalue weighted by molar-refractivity contribution is 0.269. The van der Waals surface area contributed by atoms with Crippen molar-refractivity contribution in [1.29, 1.82) is 0 Å². The number of benzene rings is 9. The van der Waals surface area contributed by atoms with Gasteiger partial charge in [0, 0.05) is 22.3 Å². The molecule has 252 valence electrons. The van der Waals surface area contributed by atoms with Crippen LogP contribution in [0.3, 0.4) is 0 Å². The van der Waals surface area contributed by atoms with Gasteiger partial charge >= 0.3 is 0 Å². The molecule has 1 aliphatic heterocycles. The van der Waals surface area contributed by atoms with Gasteiger partial charge in [-0.05, 0) is 119 Å². The molecule has 0 saturated heterocycles. The molecule has 2 aliphatic rings. The maximum absolute atomic E-state index is 6.65. The standard InChI is InChI=1S/C52H32O2/c1-2-10-32-25-33(18-17-31(32)9-1)34-19-23-49-45(26-34)47-29-52-48(30-51(47)53-49)46-28-36(20-24-50(46)54-52)38-21-22-43(41-15-7-5-14-40(38)41)44-27-35-11-3-4-12-37(35)39-13-6-8-16-42(39)44/h1-30,46,50H. The molecule has 1 aromatic heterocycles. The molecular weight excluding hydrogens is 657 g/mol. The molecule has 0 saturated carbocycles. The van der Waals surface area contributed by atoms with Gasteiger partial charge < -0.3 is 9.15 Å².